The number of aromatic nitrogens is 2. The normalized spacial score (nSPS) is 10.9. The third-order valence-corrected chi connectivity index (χ3v) is 5.51. The first-order valence-electron chi connectivity index (χ1n) is 10.7. The number of rotatable bonds is 9. The van der Waals surface area contributed by atoms with Crippen molar-refractivity contribution in [3.05, 3.63) is 93.0 Å². The fourth-order valence-electron chi connectivity index (χ4n) is 3.80. The lowest BCUT2D eigenvalue weighted by Gasteiger charge is -2.14. The maximum Gasteiger partial charge on any atom is 0.332 e. The summed E-state index contributed by atoms with van der Waals surface area (Å²) in [7, 11) is 3.14. The molecule has 0 spiro atoms. The van der Waals surface area contributed by atoms with E-state index in [1.165, 1.54) is 10.8 Å². The number of nitrogens with zero attached hydrogens (tertiary/aromatic N) is 2. The van der Waals surface area contributed by atoms with E-state index in [9.17, 15) is 14.4 Å². The highest BCUT2D eigenvalue weighted by molar-refractivity contribution is 5.81. The van der Waals surface area contributed by atoms with Gasteiger partial charge in [0.15, 0.2) is 11.5 Å². The highest BCUT2D eigenvalue weighted by Crippen LogP contribution is 2.27. The molecule has 176 valence electrons. The zero-order chi connectivity index (χ0) is 24.1. The molecular formula is C25H25N3O6. The summed E-state index contributed by atoms with van der Waals surface area (Å²) in [6.45, 7) is 0.132. The van der Waals surface area contributed by atoms with Crippen molar-refractivity contribution in [2.45, 2.75) is 19.5 Å². The van der Waals surface area contributed by atoms with Crippen LogP contribution >= 0.6 is 0 Å². The molecular weight excluding hydrogens is 438 g/mol. The molecule has 0 aliphatic heterocycles. The molecule has 0 saturated heterocycles. The third kappa shape index (κ3) is 4.73. The van der Waals surface area contributed by atoms with Crippen molar-refractivity contribution in [1.82, 2.24) is 14.5 Å². The number of carbonyl (C=O) groups is 1. The van der Waals surface area contributed by atoms with Crippen molar-refractivity contribution in [2.24, 2.45) is 0 Å². The topological polar surface area (TPSA) is 105 Å². The van der Waals surface area contributed by atoms with Gasteiger partial charge in [-0.15, -0.1) is 0 Å². The van der Waals surface area contributed by atoms with Crippen LogP contribution in [-0.2, 0) is 24.3 Å². The molecule has 1 amide bonds. The molecule has 9 nitrogen and oxygen atoms in total. The SMILES string of the molecule is COc1ccc(CCNC(=O)Cn2c(=O)n(Cc3ccco3)c(=O)c3ccccc32)cc1OC. The number of benzene rings is 2. The quantitative estimate of drug-likeness (QED) is 0.408. The van der Waals surface area contributed by atoms with Gasteiger partial charge >= 0.3 is 5.69 Å². The average molecular weight is 463 g/mol. The fourth-order valence-corrected chi connectivity index (χ4v) is 3.80. The molecule has 9 heteroatoms. The van der Waals surface area contributed by atoms with E-state index >= 15 is 0 Å². The van der Waals surface area contributed by atoms with Gasteiger partial charge in [0.1, 0.15) is 12.3 Å². The van der Waals surface area contributed by atoms with E-state index in [-0.39, 0.29) is 19.0 Å². The smallest absolute Gasteiger partial charge is 0.332 e. The molecule has 4 aromatic rings. The van der Waals surface area contributed by atoms with Gasteiger partial charge in [0.2, 0.25) is 5.91 Å². The minimum absolute atomic E-state index is 0.0174. The first kappa shape index (κ1) is 22.9. The van der Waals surface area contributed by atoms with E-state index in [4.69, 9.17) is 13.9 Å². The number of hydrogen-bond donors (Lipinski definition) is 1. The number of furan rings is 1. The van der Waals surface area contributed by atoms with E-state index in [0.717, 1.165) is 10.1 Å². The second kappa shape index (κ2) is 10.1. The number of amides is 1. The van der Waals surface area contributed by atoms with Crippen molar-refractivity contribution in [1.29, 1.82) is 0 Å². The molecule has 0 atom stereocenters. The van der Waals surface area contributed by atoms with Gasteiger partial charge in [0.25, 0.3) is 5.56 Å². The Morgan fingerprint density at radius 1 is 0.971 bits per heavy atom. The van der Waals surface area contributed by atoms with Crippen LogP contribution in [0.5, 0.6) is 11.5 Å². The maximum atomic E-state index is 13.2. The van der Waals surface area contributed by atoms with Crippen LogP contribution in [-0.4, -0.2) is 35.8 Å². The van der Waals surface area contributed by atoms with Gasteiger partial charge in [-0.1, -0.05) is 18.2 Å². The van der Waals surface area contributed by atoms with E-state index in [0.29, 0.717) is 41.1 Å². The minimum Gasteiger partial charge on any atom is -0.493 e. The largest absolute Gasteiger partial charge is 0.493 e. The average Bonchev–Trinajstić information content (AvgIpc) is 3.37. The molecule has 0 saturated carbocycles. The zero-order valence-corrected chi connectivity index (χ0v) is 18.9. The summed E-state index contributed by atoms with van der Waals surface area (Å²) < 4.78 is 18.2. The predicted molar refractivity (Wildman–Crippen MR) is 127 cm³/mol. The molecule has 2 aromatic heterocycles. The summed E-state index contributed by atoms with van der Waals surface area (Å²) in [6.07, 6.45) is 2.05. The van der Waals surface area contributed by atoms with Crippen molar-refractivity contribution in [3.63, 3.8) is 0 Å². The number of nitrogens with one attached hydrogen (secondary N) is 1. The Labute approximate surface area is 195 Å². The molecule has 2 aromatic carbocycles. The Morgan fingerprint density at radius 3 is 2.50 bits per heavy atom. The Morgan fingerprint density at radius 2 is 1.76 bits per heavy atom. The van der Waals surface area contributed by atoms with E-state index < -0.39 is 11.2 Å². The van der Waals surface area contributed by atoms with Crippen LogP contribution in [0.15, 0.2) is 74.9 Å². The molecule has 0 fully saturated rings. The van der Waals surface area contributed by atoms with Crippen LogP contribution < -0.4 is 26.0 Å². The van der Waals surface area contributed by atoms with Gasteiger partial charge in [-0.3, -0.25) is 18.7 Å². The summed E-state index contributed by atoms with van der Waals surface area (Å²) >= 11 is 0. The third-order valence-electron chi connectivity index (χ3n) is 5.51. The van der Waals surface area contributed by atoms with Gasteiger partial charge in [-0.05, 0) is 48.4 Å². The minimum atomic E-state index is -0.574. The van der Waals surface area contributed by atoms with Gasteiger partial charge < -0.3 is 19.2 Å². The number of ether oxygens (including phenoxy) is 2. The van der Waals surface area contributed by atoms with Crippen LogP contribution in [0, 0.1) is 0 Å². The fraction of sp³-hybridized carbons (Fsp3) is 0.240. The van der Waals surface area contributed by atoms with Gasteiger partial charge in [0, 0.05) is 6.54 Å². The van der Waals surface area contributed by atoms with Crippen molar-refractivity contribution < 1.29 is 18.7 Å². The van der Waals surface area contributed by atoms with E-state index in [1.54, 1.807) is 50.6 Å². The van der Waals surface area contributed by atoms with Crippen LogP contribution in [0.1, 0.15) is 11.3 Å². The number of carbonyl (C=O) groups excluding carboxylic acids is 1. The molecule has 0 bridgehead atoms. The molecule has 4 rings (SSSR count). The Balaban J connectivity index is 1.53. The molecule has 0 aliphatic rings. The van der Waals surface area contributed by atoms with Gasteiger partial charge in [-0.2, -0.15) is 0 Å². The molecule has 1 N–H and O–H groups in total. The zero-order valence-electron chi connectivity index (χ0n) is 18.9. The number of para-hydroxylation sites is 1. The second-order valence-electron chi connectivity index (χ2n) is 7.65. The summed E-state index contributed by atoms with van der Waals surface area (Å²) in [5.74, 6) is 1.38. The molecule has 0 unspecified atom stereocenters. The Bertz CT molecular complexity index is 1420. The van der Waals surface area contributed by atoms with E-state index in [2.05, 4.69) is 5.32 Å². The lowest BCUT2D eigenvalue weighted by Crippen LogP contribution is -2.43. The standard InChI is InChI=1S/C25H25N3O6/c1-32-21-10-9-17(14-22(21)33-2)11-12-26-23(29)16-27-20-8-4-3-7-19(20)24(30)28(25(27)31)15-18-6-5-13-34-18/h3-10,13-14H,11-12,15-16H2,1-2H3,(H,26,29). The Kier molecular flexibility index (Phi) is 6.82. The van der Waals surface area contributed by atoms with Crippen LogP contribution in [0.3, 0.4) is 0 Å². The predicted octanol–water partition coefficient (Wildman–Crippen LogP) is 2.18. The lowest BCUT2D eigenvalue weighted by molar-refractivity contribution is -0.121. The molecule has 34 heavy (non-hydrogen) atoms. The first-order chi connectivity index (χ1) is 16.5. The summed E-state index contributed by atoms with van der Waals surface area (Å²) in [5.41, 5.74) is 0.369. The van der Waals surface area contributed by atoms with Gasteiger partial charge in [0.05, 0.1) is 37.9 Å². The van der Waals surface area contributed by atoms with Crippen LogP contribution in [0.4, 0.5) is 0 Å². The lowest BCUT2D eigenvalue weighted by atomic mass is 10.1. The van der Waals surface area contributed by atoms with Crippen molar-refractivity contribution in [3.8, 4) is 11.5 Å². The first-order valence-corrected chi connectivity index (χ1v) is 10.7. The van der Waals surface area contributed by atoms with Crippen molar-refractivity contribution >= 4 is 16.8 Å². The molecule has 0 radical (unpaired) electrons. The van der Waals surface area contributed by atoms with Crippen LogP contribution in [0.25, 0.3) is 10.9 Å². The van der Waals surface area contributed by atoms with E-state index in [1.807, 2.05) is 18.2 Å². The highest BCUT2D eigenvalue weighted by Gasteiger charge is 2.16. The Hall–Kier alpha value is -4.27. The van der Waals surface area contributed by atoms with Gasteiger partial charge in [-0.25, -0.2) is 4.79 Å². The summed E-state index contributed by atoms with van der Waals surface area (Å²) in [4.78, 5) is 38.8. The summed E-state index contributed by atoms with van der Waals surface area (Å²) in [6, 6.07) is 15.7. The summed E-state index contributed by atoms with van der Waals surface area (Å²) in [5, 5.41) is 3.19. The van der Waals surface area contributed by atoms with Crippen LogP contribution in [0.2, 0.25) is 0 Å². The maximum absolute atomic E-state index is 13.2. The monoisotopic (exact) mass is 463 g/mol. The van der Waals surface area contributed by atoms with Crippen molar-refractivity contribution in [2.75, 3.05) is 20.8 Å². The molecule has 2 heterocycles. The number of fused-ring (bicyclic) bond motifs is 1. The number of methoxy groups -OCH3 is 2. The molecule has 0 aliphatic carbocycles. The number of hydrogen-bond acceptors (Lipinski definition) is 6. The second-order valence-corrected chi connectivity index (χ2v) is 7.65. The highest BCUT2D eigenvalue weighted by atomic mass is 16.5.